The van der Waals surface area contributed by atoms with Crippen molar-refractivity contribution in [3.05, 3.63) is 40.5 Å². The van der Waals surface area contributed by atoms with E-state index in [4.69, 9.17) is 13.1 Å². The Kier molecular flexibility index (Phi) is 7.30. The zero-order chi connectivity index (χ0) is 26.6. The van der Waals surface area contributed by atoms with Crippen LogP contribution < -0.4 is 4.74 Å². The molecule has 3 aromatic rings. The summed E-state index contributed by atoms with van der Waals surface area (Å²) in [5.41, 5.74) is 6.46. The van der Waals surface area contributed by atoms with E-state index < -0.39 is 0 Å². The molecule has 2 aromatic carbocycles. The van der Waals surface area contributed by atoms with Crippen LogP contribution in [0, 0.1) is 0 Å². The van der Waals surface area contributed by atoms with Crippen LogP contribution in [0.2, 0.25) is 0 Å². The van der Waals surface area contributed by atoms with E-state index in [9.17, 15) is 0 Å². The monoisotopic (exact) mass is 498 g/mol. The van der Waals surface area contributed by atoms with Gasteiger partial charge in [-0.15, -0.1) is 0 Å². The number of hydrogen-bond donors (Lipinski definition) is 0. The van der Waals surface area contributed by atoms with Crippen molar-refractivity contribution >= 4 is 30.6 Å². The van der Waals surface area contributed by atoms with E-state index in [1.165, 1.54) is 22.3 Å². The molecule has 3 nitrogen and oxygen atoms in total. The minimum absolute atomic E-state index is 0.0103. The molecule has 0 bridgehead atoms. The molecule has 1 atom stereocenters. The first-order valence-electron chi connectivity index (χ1n) is 13.0. The molecule has 0 aliphatic carbocycles. The maximum absolute atomic E-state index is 6.61. The fraction of sp³-hybridized carbons (Fsp3) is 0.613. The third kappa shape index (κ3) is 5.61. The summed E-state index contributed by atoms with van der Waals surface area (Å²) in [6.07, 6.45) is 0.945. The second-order valence-electron chi connectivity index (χ2n) is 14.0. The summed E-state index contributed by atoms with van der Waals surface area (Å²) in [7, 11) is -0.110. The minimum atomic E-state index is -0.110. The summed E-state index contributed by atoms with van der Waals surface area (Å²) in [6, 6.07) is 6.97. The van der Waals surface area contributed by atoms with E-state index in [0.717, 1.165) is 34.1 Å². The first-order chi connectivity index (χ1) is 15.9. The van der Waals surface area contributed by atoms with Gasteiger partial charge in [-0.3, -0.25) is 0 Å². The molecule has 0 saturated carbocycles. The molecule has 0 aliphatic heterocycles. The molecule has 1 heterocycles. The predicted octanol–water partition coefficient (Wildman–Crippen LogP) is 10.3. The van der Waals surface area contributed by atoms with Crippen LogP contribution in [0.1, 0.15) is 119 Å². The highest BCUT2D eigenvalue weighted by Crippen LogP contribution is 2.47. The Morgan fingerprint density at radius 2 is 1.17 bits per heavy atom. The minimum Gasteiger partial charge on any atom is -0.492 e. The van der Waals surface area contributed by atoms with Gasteiger partial charge in [0.25, 0.3) is 0 Å². The van der Waals surface area contributed by atoms with Crippen LogP contribution in [-0.2, 0) is 21.7 Å². The Hall–Kier alpha value is -1.86. The third-order valence-electron chi connectivity index (χ3n) is 6.62. The van der Waals surface area contributed by atoms with Gasteiger partial charge in [0.15, 0.2) is 0 Å². The Morgan fingerprint density at radius 1 is 0.657 bits per heavy atom. The number of hydrogen-bond acceptors (Lipinski definition) is 3. The molecule has 1 unspecified atom stereocenters. The van der Waals surface area contributed by atoms with E-state index in [1.807, 2.05) is 0 Å². The van der Waals surface area contributed by atoms with E-state index in [2.05, 4.69) is 108 Å². The Labute approximate surface area is 214 Å². The average Bonchev–Trinajstić information content (AvgIpc) is 2.87. The van der Waals surface area contributed by atoms with Gasteiger partial charge >= 0.3 is 0 Å². The second-order valence-corrected chi connectivity index (χ2v) is 14.6. The van der Waals surface area contributed by atoms with Crippen LogP contribution in [0.4, 0.5) is 0 Å². The summed E-state index contributed by atoms with van der Waals surface area (Å²) in [6.45, 7) is 30.0. The molecule has 1 aromatic heterocycles. The van der Waals surface area contributed by atoms with Crippen LogP contribution in [0.5, 0.6) is 5.75 Å². The van der Waals surface area contributed by atoms with E-state index in [-0.39, 0.29) is 30.3 Å². The van der Waals surface area contributed by atoms with Crippen molar-refractivity contribution in [2.24, 2.45) is 0 Å². The van der Waals surface area contributed by atoms with Gasteiger partial charge < -0.3 is 13.1 Å². The van der Waals surface area contributed by atoms with Gasteiger partial charge in [-0.2, -0.15) is 0 Å². The van der Waals surface area contributed by atoms with E-state index in [0.29, 0.717) is 6.61 Å². The molecule has 35 heavy (non-hydrogen) atoms. The van der Waals surface area contributed by atoms with E-state index in [1.54, 1.807) is 0 Å². The summed E-state index contributed by atoms with van der Waals surface area (Å²) in [4.78, 5) is 0. The lowest BCUT2D eigenvalue weighted by atomic mass is 9.77. The molecule has 0 fully saturated rings. The second kappa shape index (κ2) is 9.22. The molecule has 0 N–H and O–H groups in total. The number of ether oxygens (including phenoxy) is 1. The molecule has 194 valence electrons. The first kappa shape index (κ1) is 27.7. The Morgan fingerprint density at radius 3 is 1.66 bits per heavy atom. The maximum atomic E-state index is 6.61. The smallest absolute Gasteiger partial charge is 0.201 e. The molecular formula is C31H47O3P. The van der Waals surface area contributed by atoms with Crippen molar-refractivity contribution < 1.29 is 13.1 Å². The van der Waals surface area contributed by atoms with Crippen LogP contribution >= 0.6 is 8.67 Å². The first-order valence-corrected chi connectivity index (χ1v) is 13.8. The summed E-state index contributed by atoms with van der Waals surface area (Å²) < 4.78 is 19.6. The zero-order valence-corrected chi connectivity index (χ0v) is 25.4. The molecule has 3 rings (SSSR count). The SMILES string of the molecule is CCCOc1c(C(C)(C)C)cc(C(C)(C)C)c2o[pH]oc3c(C(C)(C)C)cc(C(C)(C)C)cc3c12. The highest BCUT2D eigenvalue weighted by atomic mass is 31.1. The van der Waals surface area contributed by atoms with Crippen LogP contribution in [0.3, 0.4) is 0 Å². The van der Waals surface area contributed by atoms with Gasteiger partial charge in [0.2, 0.25) is 8.67 Å². The van der Waals surface area contributed by atoms with Crippen molar-refractivity contribution in [1.82, 2.24) is 0 Å². The van der Waals surface area contributed by atoms with E-state index >= 15 is 0 Å². The lowest BCUT2D eigenvalue weighted by molar-refractivity contribution is 0.312. The lowest BCUT2D eigenvalue weighted by Crippen LogP contribution is -2.19. The highest BCUT2D eigenvalue weighted by Gasteiger charge is 2.31. The van der Waals surface area contributed by atoms with Gasteiger partial charge in [0.1, 0.15) is 16.9 Å². The largest absolute Gasteiger partial charge is 0.492 e. The fourth-order valence-corrected chi connectivity index (χ4v) is 5.13. The Bertz CT molecular complexity index is 1250. The van der Waals surface area contributed by atoms with Gasteiger partial charge in [-0.1, -0.05) is 96.1 Å². The topological polar surface area (TPSA) is 35.5 Å². The number of benzene rings is 2. The molecule has 0 saturated heterocycles. The van der Waals surface area contributed by atoms with Crippen molar-refractivity contribution in [3.8, 4) is 5.75 Å². The Balaban J connectivity index is 2.78. The lowest BCUT2D eigenvalue weighted by Gasteiger charge is -2.29. The highest BCUT2D eigenvalue weighted by molar-refractivity contribution is 7.15. The summed E-state index contributed by atoms with van der Waals surface area (Å²) >= 11 is 0. The number of fused-ring (bicyclic) bond motifs is 3. The average molecular weight is 499 g/mol. The van der Waals surface area contributed by atoms with Crippen LogP contribution in [-0.4, -0.2) is 6.61 Å². The van der Waals surface area contributed by atoms with Gasteiger partial charge in [0.05, 0.1) is 12.0 Å². The van der Waals surface area contributed by atoms with Crippen molar-refractivity contribution in [2.75, 3.05) is 6.61 Å². The normalized spacial score (nSPS) is 13.7. The van der Waals surface area contributed by atoms with Gasteiger partial charge in [0, 0.05) is 22.1 Å². The summed E-state index contributed by atoms with van der Waals surface area (Å²) in [5.74, 6) is 0.935. The molecule has 0 spiro atoms. The summed E-state index contributed by atoms with van der Waals surface area (Å²) in [5, 5.41) is 2.14. The quantitative estimate of drug-likeness (QED) is 0.360. The van der Waals surface area contributed by atoms with Gasteiger partial charge in [-0.25, -0.2) is 0 Å². The van der Waals surface area contributed by atoms with Gasteiger partial charge in [-0.05, 0) is 45.8 Å². The molecule has 4 heteroatoms. The molecule has 0 aliphatic rings. The zero-order valence-electron chi connectivity index (χ0n) is 24.4. The molecular weight excluding hydrogens is 451 g/mol. The third-order valence-corrected chi connectivity index (χ3v) is 7.19. The van der Waals surface area contributed by atoms with Crippen LogP contribution in [0.25, 0.3) is 21.9 Å². The van der Waals surface area contributed by atoms with Crippen molar-refractivity contribution in [3.63, 3.8) is 0 Å². The van der Waals surface area contributed by atoms with Crippen LogP contribution in [0.15, 0.2) is 26.6 Å². The molecule has 0 amide bonds. The van der Waals surface area contributed by atoms with Crippen molar-refractivity contribution in [1.29, 1.82) is 0 Å². The van der Waals surface area contributed by atoms with Crippen molar-refractivity contribution in [2.45, 2.75) is 118 Å². The number of rotatable bonds is 3. The fourth-order valence-electron chi connectivity index (χ4n) is 4.49. The molecule has 0 radical (unpaired) electrons. The predicted molar refractivity (Wildman–Crippen MR) is 154 cm³/mol. The maximum Gasteiger partial charge on any atom is 0.201 e. The standard InChI is InChI=1S/C31H47O3P/c1-14-15-32-26-22(30(8,9)10)18-23(31(11,12)13)27-24(26)20-16-19(28(2,3)4)17-21(29(5,6)7)25(20)33-35-34-27/h16-18,35H,14-15H2,1-13H3.